The molecule has 3 heteroatoms. The van der Waals surface area contributed by atoms with Crippen LogP contribution in [0.2, 0.25) is 0 Å². The first-order chi connectivity index (χ1) is 10.0. The van der Waals surface area contributed by atoms with E-state index in [1.54, 1.807) is 7.11 Å². The smallest absolute Gasteiger partial charge is 0.0657 e. The molecule has 1 N–H and O–H groups in total. The van der Waals surface area contributed by atoms with Crippen molar-refractivity contribution in [2.75, 3.05) is 26.8 Å². The Morgan fingerprint density at radius 1 is 1.19 bits per heavy atom. The number of hydrogen-bond donors (Lipinski definition) is 1. The molecule has 21 heavy (non-hydrogen) atoms. The van der Waals surface area contributed by atoms with E-state index in [0.29, 0.717) is 12.1 Å². The number of piperidine rings is 1. The van der Waals surface area contributed by atoms with E-state index < -0.39 is 0 Å². The molecule has 118 valence electrons. The maximum absolute atomic E-state index is 5.40. The Labute approximate surface area is 129 Å². The van der Waals surface area contributed by atoms with Crippen LogP contribution in [0.25, 0.3) is 0 Å². The minimum atomic E-state index is 0.288. The van der Waals surface area contributed by atoms with E-state index in [0.717, 1.165) is 6.61 Å². The first-order valence-corrected chi connectivity index (χ1v) is 8.05. The average molecular weight is 290 g/mol. The third-order valence-corrected chi connectivity index (χ3v) is 4.42. The van der Waals surface area contributed by atoms with E-state index >= 15 is 0 Å². The molecule has 1 aliphatic heterocycles. The molecule has 0 spiro atoms. The highest BCUT2D eigenvalue weighted by Gasteiger charge is 2.28. The van der Waals surface area contributed by atoms with E-state index in [2.05, 4.69) is 61.3 Å². The van der Waals surface area contributed by atoms with Gasteiger partial charge in [0.2, 0.25) is 0 Å². The van der Waals surface area contributed by atoms with Crippen molar-refractivity contribution in [3.8, 4) is 0 Å². The second-order valence-electron chi connectivity index (χ2n) is 7.02. The molecule has 1 heterocycles. The molecule has 1 unspecified atom stereocenters. The molecule has 0 amide bonds. The van der Waals surface area contributed by atoms with Crippen molar-refractivity contribution in [1.29, 1.82) is 0 Å². The van der Waals surface area contributed by atoms with Gasteiger partial charge in [-0.3, -0.25) is 4.90 Å². The van der Waals surface area contributed by atoms with Gasteiger partial charge in [0.15, 0.2) is 0 Å². The molecule has 1 aromatic carbocycles. The predicted molar refractivity (Wildman–Crippen MR) is 88.5 cm³/mol. The lowest BCUT2D eigenvalue weighted by Crippen LogP contribution is -2.50. The van der Waals surface area contributed by atoms with Crippen molar-refractivity contribution in [2.24, 2.45) is 0 Å². The Bertz CT molecular complexity index is 405. The lowest BCUT2D eigenvalue weighted by Gasteiger charge is -2.41. The van der Waals surface area contributed by atoms with E-state index in [4.69, 9.17) is 4.74 Å². The van der Waals surface area contributed by atoms with Gasteiger partial charge in [0.1, 0.15) is 0 Å². The van der Waals surface area contributed by atoms with Crippen LogP contribution in [0, 0.1) is 0 Å². The van der Waals surface area contributed by atoms with Gasteiger partial charge in [0.05, 0.1) is 12.6 Å². The second-order valence-corrected chi connectivity index (χ2v) is 7.02. The molecule has 1 atom stereocenters. The Morgan fingerprint density at radius 3 is 2.33 bits per heavy atom. The van der Waals surface area contributed by atoms with Crippen LogP contribution in [0.15, 0.2) is 30.3 Å². The summed E-state index contributed by atoms with van der Waals surface area (Å²) in [7, 11) is 1.78. The molecular weight excluding hydrogens is 260 g/mol. The molecule has 0 saturated carbocycles. The summed E-state index contributed by atoms with van der Waals surface area (Å²) in [6.07, 6.45) is 2.43. The van der Waals surface area contributed by atoms with Gasteiger partial charge in [0.25, 0.3) is 0 Å². The van der Waals surface area contributed by atoms with Crippen LogP contribution in [0.3, 0.4) is 0 Å². The Balaban J connectivity index is 1.91. The number of methoxy groups -OCH3 is 1. The minimum Gasteiger partial charge on any atom is -0.383 e. The first kappa shape index (κ1) is 16.5. The summed E-state index contributed by atoms with van der Waals surface area (Å²) < 4.78 is 5.40. The van der Waals surface area contributed by atoms with Gasteiger partial charge >= 0.3 is 0 Å². The van der Waals surface area contributed by atoms with Crippen LogP contribution in [0.5, 0.6) is 0 Å². The molecule has 1 aromatic rings. The van der Waals surface area contributed by atoms with E-state index in [1.807, 2.05) is 0 Å². The van der Waals surface area contributed by atoms with Crippen molar-refractivity contribution >= 4 is 0 Å². The second kappa shape index (κ2) is 7.39. The van der Waals surface area contributed by atoms with E-state index in [-0.39, 0.29) is 5.54 Å². The van der Waals surface area contributed by atoms with Crippen LogP contribution >= 0.6 is 0 Å². The van der Waals surface area contributed by atoms with Gasteiger partial charge in [-0.2, -0.15) is 0 Å². The molecule has 3 nitrogen and oxygen atoms in total. The zero-order chi connectivity index (χ0) is 15.3. The standard InChI is InChI=1S/C18H30N2O/c1-18(2,3)20-12-10-16(11-13-20)19-17(14-21-4)15-8-6-5-7-9-15/h5-9,16-17,19H,10-14H2,1-4H3. The fourth-order valence-electron chi connectivity index (χ4n) is 3.09. The monoisotopic (exact) mass is 290 g/mol. The quantitative estimate of drug-likeness (QED) is 0.901. The number of hydrogen-bond acceptors (Lipinski definition) is 3. The number of likely N-dealkylation sites (tertiary alicyclic amines) is 1. The predicted octanol–water partition coefficient (Wildman–Crippen LogP) is 3.23. The van der Waals surface area contributed by atoms with E-state index in [9.17, 15) is 0 Å². The Morgan fingerprint density at radius 2 is 1.81 bits per heavy atom. The van der Waals surface area contributed by atoms with Crippen molar-refractivity contribution in [3.05, 3.63) is 35.9 Å². The summed E-state index contributed by atoms with van der Waals surface area (Å²) in [6.45, 7) is 9.99. The largest absolute Gasteiger partial charge is 0.383 e. The summed E-state index contributed by atoms with van der Waals surface area (Å²) >= 11 is 0. The van der Waals surface area contributed by atoms with Crippen molar-refractivity contribution in [3.63, 3.8) is 0 Å². The van der Waals surface area contributed by atoms with Crippen LogP contribution in [-0.2, 0) is 4.74 Å². The molecule has 0 aliphatic carbocycles. The summed E-state index contributed by atoms with van der Waals surface area (Å²) in [4.78, 5) is 2.58. The van der Waals surface area contributed by atoms with Crippen LogP contribution in [0.4, 0.5) is 0 Å². The minimum absolute atomic E-state index is 0.288. The SMILES string of the molecule is COCC(NC1CCN(C(C)(C)C)CC1)c1ccccc1. The first-order valence-electron chi connectivity index (χ1n) is 8.05. The summed E-state index contributed by atoms with van der Waals surface area (Å²) in [6, 6.07) is 11.5. The lowest BCUT2D eigenvalue weighted by molar-refractivity contribution is 0.0871. The Hall–Kier alpha value is -0.900. The summed E-state index contributed by atoms with van der Waals surface area (Å²) in [5.74, 6) is 0. The highest BCUT2D eigenvalue weighted by molar-refractivity contribution is 5.19. The van der Waals surface area contributed by atoms with Crippen molar-refractivity contribution < 1.29 is 4.74 Å². The van der Waals surface area contributed by atoms with Crippen molar-refractivity contribution in [1.82, 2.24) is 10.2 Å². The van der Waals surface area contributed by atoms with Gasteiger partial charge in [-0.25, -0.2) is 0 Å². The topological polar surface area (TPSA) is 24.5 Å². The molecule has 1 fully saturated rings. The van der Waals surface area contributed by atoms with Crippen LogP contribution < -0.4 is 5.32 Å². The van der Waals surface area contributed by atoms with Crippen molar-refractivity contribution in [2.45, 2.75) is 51.2 Å². The van der Waals surface area contributed by atoms with Gasteiger partial charge in [-0.05, 0) is 39.2 Å². The zero-order valence-electron chi connectivity index (χ0n) is 13.9. The number of rotatable bonds is 5. The number of ether oxygens (including phenoxy) is 1. The number of benzene rings is 1. The normalized spacial score (nSPS) is 19.6. The number of nitrogens with one attached hydrogen (secondary N) is 1. The summed E-state index contributed by atoms with van der Waals surface area (Å²) in [5, 5.41) is 3.79. The fraction of sp³-hybridized carbons (Fsp3) is 0.667. The maximum atomic E-state index is 5.40. The van der Waals surface area contributed by atoms with Gasteiger partial charge < -0.3 is 10.1 Å². The third-order valence-electron chi connectivity index (χ3n) is 4.42. The molecule has 2 rings (SSSR count). The molecule has 1 saturated heterocycles. The molecular formula is C18H30N2O. The highest BCUT2D eigenvalue weighted by Crippen LogP contribution is 2.22. The molecule has 0 radical (unpaired) electrons. The molecule has 1 aliphatic rings. The highest BCUT2D eigenvalue weighted by atomic mass is 16.5. The van der Waals surface area contributed by atoms with Gasteiger partial charge in [0, 0.05) is 31.8 Å². The van der Waals surface area contributed by atoms with E-state index in [1.165, 1.54) is 31.5 Å². The average Bonchev–Trinajstić information content (AvgIpc) is 2.47. The maximum Gasteiger partial charge on any atom is 0.0657 e. The Kier molecular flexibility index (Phi) is 5.80. The van der Waals surface area contributed by atoms with Gasteiger partial charge in [-0.1, -0.05) is 30.3 Å². The van der Waals surface area contributed by atoms with Crippen LogP contribution in [-0.4, -0.2) is 43.3 Å². The fourth-order valence-corrected chi connectivity index (χ4v) is 3.09. The van der Waals surface area contributed by atoms with Crippen LogP contribution in [0.1, 0.15) is 45.2 Å². The lowest BCUT2D eigenvalue weighted by atomic mass is 9.96. The third kappa shape index (κ3) is 4.80. The number of nitrogens with zero attached hydrogens (tertiary/aromatic N) is 1. The van der Waals surface area contributed by atoms with Gasteiger partial charge in [-0.15, -0.1) is 0 Å². The summed E-state index contributed by atoms with van der Waals surface area (Å²) in [5.41, 5.74) is 1.61. The molecule has 0 aromatic heterocycles. The molecule has 0 bridgehead atoms. The zero-order valence-corrected chi connectivity index (χ0v) is 13.9.